The molecule has 1 aromatic carbocycles. The summed E-state index contributed by atoms with van der Waals surface area (Å²) in [6.45, 7) is 0.0824. The lowest BCUT2D eigenvalue weighted by atomic mass is 9.82. The van der Waals surface area contributed by atoms with Gasteiger partial charge in [-0.25, -0.2) is 9.18 Å². The highest BCUT2D eigenvalue weighted by Crippen LogP contribution is 2.36. The molecule has 4 amide bonds. The van der Waals surface area contributed by atoms with Crippen LogP contribution in [0.25, 0.3) is 0 Å². The summed E-state index contributed by atoms with van der Waals surface area (Å²) in [5.74, 6) is -0.362. The first-order valence-electron chi connectivity index (χ1n) is 11.2. The number of carbonyl (C=O) groups is 3. The molecule has 2 N–H and O–H groups in total. The molecular weight excluding hydrogens is 385 g/mol. The van der Waals surface area contributed by atoms with Crippen LogP contribution in [0.3, 0.4) is 0 Å². The Morgan fingerprint density at radius 1 is 1.10 bits per heavy atom. The third kappa shape index (κ3) is 4.20. The van der Waals surface area contributed by atoms with Crippen LogP contribution in [0.5, 0.6) is 0 Å². The van der Waals surface area contributed by atoms with Crippen molar-refractivity contribution in [3.63, 3.8) is 0 Å². The van der Waals surface area contributed by atoms with Gasteiger partial charge in [-0.1, -0.05) is 44.2 Å². The van der Waals surface area contributed by atoms with Crippen molar-refractivity contribution < 1.29 is 18.8 Å². The summed E-state index contributed by atoms with van der Waals surface area (Å²) in [5, 5.41) is 5.97. The second-order valence-electron chi connectivity index (χ2n) is 8.92. The normalized spacial score (nSPS) is 22.4. The second kappa shape index (κ2) is 8.74. The minimum Gasteiger partial charge on any atom is -0.349 e. The number of rotatable bonds is 6. The number of urea groups is 1. The molecule has 162 valence electrons. The molecule has 0 aromatic heterocycles. The zero-order valence-corrected chi connectivity index (χ0v) is 17.3. The summed E-state index contributed by atoms with van der Waals surface area (Å²) in [6, 6.07) is 5.72. The van der Waals surface area contributed by atoms with Crippen LogP contribution in [0.1, 0.15) is 75.8 Å². The molecule has 4 rings (SSSR count). The maximum Gasteiger partial charge on any atom is 0.325 e. The molecule has 0 radical (unpaired) electrons. The molecule has 2 aliphatic carbocycles. The SMILES string of the molecule is O=C(CCN1C(=O)NC2(CCCCC2)C1=O)NC(c1ccc(F)cc1)C1CCCC1. The van der Waals surface area contributed by atoms with E-state index in [1.807, 2.05) is 0 Å². The zero-order valence-electron chi connectivity index (χ0n) is 17.3. The largest absolute Gasteiger partial charge is 0.349 e. The molecule has 1 spiro atoms. The van der Waals surface area contributed by atoms with Gasteiger partial charge in [0.15, 0.2) is 0 Å². The first kappa shape index (κ1) is 20.8. The van der Waals surface area contributed by atoms with Crippen LogP contribution in [0, 0.1) is 11.7 Å². The maximum absolute atomic E-state index is 13.3. The smallest absolute Gasteiger partial charge is 0.325 e. The lowest BCUT2D eigenvalue weighted by Gasteiger charge is -2.30. The Morgan fingerprint density at radius 2 is 1.77 bits per heavy atom. The van der Waals surface area contributed by atoms with Gasteiger partial charge in [0.2, 0.25) is 5.91 Å². The van der Waals surface area contributed by atoms with Gasteiger partial charge in [-0.3, -0.25) is 14.5 Å². The standard InChI is InChI=1S/C23H30FN3O3/c24-18-10-8-17(9-11-18)20(16-6-2-3-7-16)25-19(28)12-15-27-21(29)23(26-22(27)30)13-4-1-5-14-23/h8-11,16,20H,1-7,12-15H2,(H,25,28)(H,26,30). The van der Waals surface area contributed by atoms with Gasteiger partial charge in [-0.2, -0.15) is 0 Å². The van der Waals surface area contributed by atoms with Gasteiger partial charge in [0, 0.05) is 13.0 Å². The number of imide groups is 1. The van der Waals surface area contributed by atoms with Crippen LogP contribution in [0.15, 0.2) is 24.3 Å². The van der Waals surface area contributed by atoms with E-state index in [2.05, 4.69) is 10.6 Å². The average Bonchev–Trinajstić information content (AvgIpc) is 3.34. The van der Waals surface area contributed by atoms with Gasteiger partial charge in [0.1, 0.15) is 11.4 Å². The van der Waals surface area contributed by atoms with E-state index in [1.54, 1.807) is 12.1 Å². The van der Waals surface area contributed by atoms with E-state index in [9.17, 15) is 18.8 Å². The summed E-state index contributed by atoms with van der Waals surface area (Å²) in [5.41, 5.74) is 0.138. The topological polar surface area (TPSA) is 78.5 Å². The number of halogens is 1. The van der Waals surface area contributed by atoms with E-state index in [0.29, 0.717) is 18.8 Å². The molecule has 6 nitrogen and oxygen atoms in total. The fourth-order valence-corrected chi connectivity index (χ4v) is 5.27. The number of carbonyl (C=O) groups excluding carboxylic acids is 3. The monoisotopic (exact) mass is 415 g/mol. The van der Waals surface area contributed by atoms with Gasteiger partial charge in [-0.15, -0.1) is 0 Å². The molecule has 3 aliphatic rings. The molecule has 1 aromatic rings. The van der Waals surface area contributed by atoms with Gasteiger partial charge in [0.05, 0.1) is 6.04 Å². The van der Waals surface area contributed by atoms with Crippen molar-refractivity contribution in [3.8, 4) is 0 Å². The highest BCUT2D eigenvalue weighted by Gasteiger charge is 2.51. The van der Waals surface area contributed by atoms with Crippen LogP contribution >= 0.6 is 0 Å². The van der Waals surface area contributed by atoms with Crippen molar-refractivity contribution in [1.82, 2.24) is 15.5 Å². The van der Waals surface area contributed by atoms with Crippen LogP contribution in [0.2, 0.25) is 0 Å². The molecule has 3 fully saturated rings. The van der Waals surface area contributed by atoms with E-state index < -0.39 is 5.54 Å². The summed E-state index contributed by atoms with van der Waals surface area (Å²) in [4.78, 5) is 39.2. The molecule has 30 heavy (non-hydrogen) atoms. The minimum atomic E-state index is -0.758. The van der Waals surface area contributed by atoms with Crippen molar-refractivity contribution in [2.24, 2.45) is 5.92 Å². The summed E-state index contributed by atoms with van der Waals surface area (Å²) in [7, 11) is 0. The lowest BCUT2D eigenvalue weighted by molar-refractivity contribution is -0.132. The number of amides is 4. The predicted molar refractivity (Wildman–Crippen MR) is 110 cm³/mol. The molecule has 0 bridgehead atoms. The van der Waals surface area contributed by atoms with Gasteiger partial charge >= 0.3 is 6.03 Å². The Hall–Kier alpha value is -2.44. The molecule has 1 aliphatic heterocycles. The summed E-state index contributed by atoms with van der Waals surface area (Å²) < 4.78 is 13.3. The van der Waals surface area contributed by atoms with Crippen molar-refractivity contribution >= 4 is 17.8 Å². The van der Waals surface area contributed by atoms with Gasteiger partial charge in [0.25, 0.3) is 5.91 Å². The fourth-order valence-electron chi connectivity index (χ4n) is 5.27. The molecule has 1 atom stereocenters. The third-order valence-electron chi connectivity index (χ3n) is 6.93. The van der Waals surface area contributed by atoms with E-state index in [-0.39, 0.29) is 42.7 Å². The average molecular weight is 416 g/mol. The molecular formula is C23H30FN3O3. The molecule has 1 heterocycles. The van der Waals surface area contributed by atoms with Gasteiger partial charge < -0.3 is 10.6 Å². The summed E-state index contributed by atoms with van der Waals surface area (Å²) in [6.07, 6.45) is 8.67. The Balaban J connectivity index is 1.38. The fraction of sp³-hybridized carbons (Fsp3) is 0.609. The van der Waals surface area contributed by atoms with E-state index in [0.717, 1.165) is 50.5 Å². The molecule has 7 heteroatoms. The predicted octanol–water partition coefficient (Wildman–Crippen LogP) is 3.82. The Morgan fingerprint density at radius 3 is 2.43 bits per heavy atom. The van der Waals surface area contributed by atoms with Crippen molar-refractivity contribution in [1.29, 1.82) is 0 Å². The van der Waals surface area contributed by atoms with Crippen molar-refractivity contribution in [3.05, 3.63) is 35.6 Å². The molecule has 2 saturated carbocycles. The number of hydrogen-bond donors (Lipinski definition) is 2. The van der Waals surface area contributed by atoms with E-state index in [4.69, 9.17) is 0 Å². The van der Waals surface area contributed by atoms with Crippen LogP contribution in [-0.4, -0.2) is 34.8 Å². The molecule has 1 saturated heterocycles. The number of benzene rings is 1. The van der Waals surface area contributed by atoms with Crippen molar-refractivity contribution in [2.75, 3.05) is 6.54 Å². The van der Waals surface area contributed by atoms with E-state index >= 15 is 0 Å². The number of hydrogen-bond acceptors (Lipinski definition) is 3. The number of nitrogens with zero attached hydrogens (tertiary/aromatic N) is 1. The Labute approximate surface area is 176 Å². The quantitative estimate of drug-likeness (QED) is 0.694. The van der Waals surface area contributed by atoms with E-state index in [1.165, 1.54) is 17.0 Å². The first-order chi connectivity index (χ1) is 14.5. The Kier molecular flexibility index (Phi) is 6.06. The Bertz CT molecular complexity index is 798. The van der Waals surface area contributed by atoms with Crippen molar-refractivity contribution in [2.45, 2.75) is 75.8 Å². The highest BCUT2D eigenvalue weighted by molar-refractivity contribution is 6.07. The first-order valence-corrected chi connectivity index (χ1v) is 11.2. The lowest BCUT2D eigenvalue weighted by Crippen LogP contribution is -2.48. The highest BCUT2D eigenvalue weighted by atomic mass is 19.1. The third-order valence-corrected chi connectivity index (χ3v) is 6.93. The van der Waals surface area contributed by atoms with Crippen LogP contribution in [-0.2, 0) is 9.59 Å². The molecule has 1 unspecified atom stereocenters. The zero-order chi connectivity index (χ0) is 21.1. The number of nitrogens with one attached hydrogen (secondary N) is 2. The minimum absolute atomic E-state index is 0.0691. The van der Waals surface area contributed by atoms with Gasteiger partial charge in [-0.05, 0) is 49.3 Å². The van der Waals surface area contributed by atoms with Crippen LogP contribution in [0.4, 0.5) is 9.18 Å². The maximum atomic E-state index is 13.3. The van der Waals surface area contributed by atoms with Crippen LogP contribution < -0.4 is 10.6 Å². The second-order valence-corrected chi connectivity index (χ2v) is 8.92. The summed E-state index contributed by atoms with van der Waals surface area (Å²) >= 11 is 0.